The zero-order chi connectivity index (χ0) is 12.4. The van der Waals surface area contributed by atoms with Gasteiger partial charge in [-0.2, -0.15) is 0 Å². The van der Waals surface area contributed by atoms with Crippen molar-refractivity contribution in [1.82, 2.24) is 15.0 Å². The van der Waals surface area contributed by atoms with Crippen LogP contribution in [0.15, 0.2) is 23.4 Å². The normalized spacial score (nSPS) is 18.9. The van der Waals surface area contributed by atoms with Crippen LogP contribution in [0, 0.1) is 5.41 Å². The molecule has 0 atom stereocenters. The van der Waals surface area contributed by atoms with Crippen LogP contribution in [-0.2, 0) is 10.0 Å². The van der Waals surface area contributed by atoms with Gasteiger partial charge in [-0.25, -0.2) is 13.1 Å². The number of aromatic amines is 1. The summed E-state index contributed by atoms with van der Waals surface area (Å²) < 4.78 is 26.5. The first kappa shape index (κ1) is 12.6. The third kappa shape index (κ3) is 2.70. The van der Waals surface area contributed by atoms with Crippen molar-refractivity contribution in [2.75, 3.05) is 20.1 Å². The number of nitrogens with one attached hydrogen (secondary N) is 3. The predicted molar refractivity (Wildman–Crippen MR) is 66.2 cm³/mol. The highest BCUT2D eigenvalue weighted by Crippen LogP contribution is 2.39. The molecule has 96 valence electrons. The summed E-state index contributed by atoms with van der Waals surface area (Å²) in [5.41, 5.74) is 0.106. The summed E-state index contributed by atoms with van der Waals surface area (Å²) in [5, 5.41) is 3.37. The lowest BCUT2D eigenvalue weighted by Crippen LogP contribution is -2.47. The molecule has 1 aromatic rings. The Morgan fingerprint density at radius 1 is 1.41 bits per heavy atom. The minimum absolute atomic E-state index is 0.106. The SMILES string of the molecule is CNCC1(CNS(=O)(=O)c2ccc[nH]2)CCC1. The average molecular weight is 257 g/mol. The van der Waals surface area contributed by atoms with E-state index in [4.69, 9.17) is 0 Å². The monoisotopic (exact) mass is 257 g/mol. The summed E-state index contributed by atoms with van der Waals surface area (Å²) in [6, 6.07) is 3.25. The lowest BCUT2D eigenvalue weighted by atomic mass is 9.69. The standard InChI is InChI=1S/C11H19N3O2S/c1-12-8-11(5-3-6-11)9-14-17(15,16)10-4-2-7-13-10/h2,4,7,12-14H,3,5-6,8-9H2,1H3. The van der Waals surface area contributed by atoms with Crippen molar-refractivity contribution >= 4 is 10.0 Å². The zero-order valence-corrected chi connectivity index (χ0v) is 10.8. The summed E-state index contributed by atoms with van der Waals surface area (Å²) in [6.07, 6.45) is 4.97. The Hall–Kier alpha value is -0.850. The van der Waals surface area contributed by atoms with Crippen molar-refractivity contribution in [2.45, 2.75) is 24.3 Å². The molecule has 0 saturated heterocycles. The number of sulfonamides is 1. The number of aromatic nitrogens is 1. The Morgan fingerprint density at radius 3 is 2.65 bits per heavy atom. The lowest BCUT2D eigenvalue weighted by Gasteiger charge is -2.41. The molecule has 0 aliphatic heterocycles. The second kappa shape index (κ2) is 4.80. The molecule has 1 heterocycles. The van der Waals surface area contributed by atoms with Crippen LogP contribution in [-0.4, -0.2) is 33.5 Å². The third-order valence-corrected chi connectivity index (χ3v) is 4.82. The first-order valence-electron chi connectivity index (χ1n) is 5.86. The van der Waals surface area contributed by atoms with Crippen LogP contribution in [0.4, 0.5) is 0 Å². The van der Waals surface area contributed by atoms with Crippen LogP contribution < -0.4 is 10.0 Å². The Balaban J connectivity index is 1.98. The van der Waals surface area contributed by atoms with Crippen molar-refractivity contribution in [3.05, 3.63) is 18.3 Å². The molecule has 1 aliphatic carbocycles. The van der Waals surface area contributed by atoms with E-state index in [2.05, 4.69) is 15.0 Å². The highest BCUT2D eigenvalue weighted by molar-refractivity contribution is 7.89. The van der Waals surface area contributed by atoms with Gasteiger partial charge in [-0.15, -0.1) is 0 Å². The van der Waals surface area contributed by atoms with Gasteiger partial charge in [0.05, 0.1) is 0 Å². The molecule has 0 bridgehead atoms. The van der Waals surface area contributed by atoms with Crippen molar-refractivity contribution in [2.24, 2.45) is 5.41 Å². The Labute approximate surface area is 102 Å². The van der Waals surface area contributed by atoms with Crippen molar-refractivity contribution in [3.8, 4) is 0 Å². The minimum atomic E-state index is -3.38. The molecule has 0 unspecified atom stereocenters. The van der Waals surface area contributed by atoms with Gasteiger partial charge < -0.3 is 10.3 Å². The summed E-state index contributed by atoms with van der Waals surface area (Å²) in [7, 11) is -1.48. The van der Waals surface area contributed by atoms with E-state index in [9.17, 15) is 8.42 Å². The van der Waals surface area contributed by atoms with Gasteiger partial charge in [0.2, 0.25) is 0 Å². The van der Waals surface area contributed by atoms with Crippen molar-refractivity contribution in [3.63, 3.8) is 0 Å². The van der Waals surface area contributed by atoms with Crippen LogP contribution in [0.1, 0.15) is 19.3 Å². The van der Waals surface area contributed by atoms with E-state index < -0.39 is 10.0 Å². The second-order valence-electron chi connectivity index (χ2n) is 4.74. The van der Waals surface area contributed by atoms with Gasteiger partial charge in [-0.05, 0) is 37.4 Å². The topological polar surface area (TPSA) is 74.0 Å². The van der Waals surface area contributed by atoms with E-state index in [0.717, 1.165) is 19.4 Å². The van der Waals surface area contributed by atoms with Crippen LogP contribution in [0.3, 0.4) is 0 Å². The van der Waals surface area contributed by atoms with E-state index in [1.807, 2.05) is 7.05 Å². The summed E-state index contributed by atoms with van der Waals surface area (Å²) in [5.74, 6) is 0. The maximum absolute atomic E-state index is 11.9. The minimum Gasteiger partial charge on any atom is -0.351 e. The predicted octanol–water partition coefficient (Wildman–Crippen LogP) is 0.683. The molecule has 1 aliphatic rings. The molecular formula is C11H19N3O2S. The second-order valence-corrected chi connectivity index (χ2v) is 6.48. The molecule has 1 aromatic heterocycles. The molecule has 2 rings (SSSR count). The molecule has 1 saturated carbocycles. The first-order valence-corrected chi connectivity index (χ1v) is 7.34. The van der Waals surface area contributed by atoms with Crippen LogP contribution in [0.5, 0.6) is 0 Å². The largest absolute Gasteiger partial charge is 0.351 e. The average Bonchev–Trinajstić information content (AvgIpc) is 2.75. The highest BCUT2D eigenvalue weighted by Gasteiger charge is 2.37. The number of hydrogen-bond acceptors (Lipinski definition) is 3. The molecule has 6 heteroatoms. The Bertz CT molecular complexity index is 449. The summed E-state index contributed by atoms with van der Waals surface area (Å²) in [4.78, 5) is 2.72. The van der Waals surface area contributed by atoms with E-state index >= 15 is 0 Å². The first-order chi connectivity index (χ1) is 8.08. The fourth-order valence-corrected chi connectivity index (χ4v) is 3.41. The molecule has 17 heavy (non-hydrogen) atoms. The van der Waals surface area contributed by atoms with Gasteiger partial charge in [0.15, 0.2) is 0 Å². The molecule has 0 spiro atoms. The zero-order valence-electron chi connectivity index (χ0n) is 9.99. The van der Waals surface area contributed by atoms with Gasteiger partial charge in [-0.3, -0.25) is 0 Å². The fourth-order valence-electron chi connectivity index (χ4n) is 2.27. The number of rotatable bonds is 6. The van der Waals surface area contributed by atoms with E-state index in [-0.39, 0.29) is 10.4 Å². The van der Waals surface area contributed by atoms with E-state index in [0.29, 0.717) is 6.54 Å². The Kier molecular flexibility index (Phi) is 3.56. The quantitative estimate of drug-likeness (QED) is 0.701. The molecule has 0 radical (unpaired) electrons. The van der Waals surface area contributed by atoms with Crippen molar-refractivity contribution < 1.29 is 8.42 Å². The molecule has 0 amide bonds. The van der Waals surface area contributed by atoms with E-state index in [1.165, 1.54) is 6.42 Å². The molecule has 5 nitrogen and oxygen atoms in total. The number of H-pyrrole nitrogens is 1. The summed E-state index contributed by atoms with van der Waals surface area (Å²) >= 11 is 0. The summed E-state index contributed by atoms with van der Waals surface area (Å²) in [6.45, 7) is 1.37. The fraction of sp³-hybridized carbons (Fsp3) is 0.636. The molecule has 3 N–H and O–H groups in total. The van der Waals surface area contributed by atoms with Gasteiger partial charge in [0.1, 0.15) is 5.03 Å². The smallest absolute Gasteiger partial charge is 0.256 e. The van der Waals surface area contributed by atoms with Gasteiger partial charge >= 0.3 is 0 Å². The third-order valence-electron chi connectivity index (χ3n) is 3.46. The van der Waals surface area contributed by atoms with E-state index in [1.54, 1.807) is 18.3 Å². The molecular weight excluding hydrogens is 238 g/mol. The maximum atomic E-state index is 11.9. The maximum Gasteiger partial charge on any atom is 0.256 e. The van der Waals surface area contributed by atoms with Crippen LogP contribution in [0.2, 0.25) is 0 Å². The molecule has 0 aromatic carbocycles. The van der Waals surface area contributed by atoms with Crippen molar-refractivity contribution in [1.29, 1.82) is 0 Å². The number of hydrogen-bond donors (Lipinski definition) is 3. The van der Waals surface area contributed by atoms with Gasteiger partial charge in [0.25, 0.3) is 10.0 Å². The lowest BCUT2D eigenvalue weighted by molar-refractivity contribution is 0.139. The van der Waals surface area contributed by atoms with Crippen LogP contribution in [0.25, 0.3) is 0 Å². The van der Waals surface area contributed by atoms with Gasteiger partial charge in [-0.1, -0.05) is 6.42 Å². The van der Waals surface area contributed by atoms with Gasteiger partial charge in [0, 0.05) is 19.3 Å². The highest BCUT2D eigenvalue weighted by atomic mass is 32.2. The molecule has 1 fully saturated rings. The van der Waals surface area contributed by atoms with Crippen LogP contribution >= 0.6 is 0 Å². The Morgan fingerprint density at radius 2 is 2.18 bits per heavy atom.